The molecule has 47 valence electrons. The van der Waals surface area contributed by atoms with Crippen LogP contribution >= 0.6 is 8.46 Å². The minimum Gasteiger partial charge on any atom is -0.390 e. The molecule has 0 rings (SSSR count). The second-order valence-corrected chi connectivity index (χ2v) is 2.24. The summed E-state index contributed by atoms with van der Waals surface area (Å²) in [5, 5.41) is 8.16. The van der Waals surface area contributed by atoms with Gasteiger partial charge in [-0.2, -0.15) is 0 Å². The maximum Gasteiger partial charge on any atom is 0.155 e. The molecule has 0 aliphatic carbocycles. The molecule has 2 nitrogen and oxygen atoms in total. The van der Waals surface area contributed by atoms with Gasteiger partial charge < -0.3 is 5.11 Å². The Morgan fingerprint density at radius 1 is 1.50 bits per heavy atom. The fourth-order valence-electron chi connectivity index (χ4n) is 0.412. The van der Waals surface area contributed by atoms with E-state index < -0.39 is 0 Å². The molecule has 0 saturated heterocycles. The van der Waals surface area contributed by atoms with E-state index in [1.165, 1.54) is 0 Å². The number of hydrogen-bond donors (Lipinski definition) is 1. The van der Waals surface area contributed by atoms with E-state index in [2.05, 4.69) is 0 Å². The zero-order chi connectivity index (χ0) is 6.24. The van der Waals surface area contributed by atoms with E-state index in [4.69, 9.17) is 5.11 Å². The molecule has 0 amide bonds. The van der Waals surface area contributed by atoms with Gasteiger partial charge in [-0.3, -0.25) is 4.57 Å². The molecular formula is C5H10O2P. The van der Waals surface area contributed by atoms with Gasteiger partial charge in [-0.15, -0.1) is 0 Å². The molecular weight excluding hydrogens is 123 g/mol. The Labute approximate surface area is 51.1 Å². The van der Waals surface area contributed by atoms with E-state index in [0.29, 0.717) is 6.16 Å². The monoisotopic (exact) mass is 133 g/mol. The summed E-state index contributed by atoms with van der Waals surface area (Å²) in [4.78, 5) is 0. The van der Waals surface area contributed by atoms with E-state index in [1.807, 2.05) is 0 Å². The van der Waals surface area contributed by atoms with Crippen molar-refractivity contribution in [2.45, 2.75) is 19.3 Å². The molecule has 0 bridgehead atoms. The van der Waals surface area contributed by atoms with Crippen LogP contribution in [-0.2, 0) is 4.57 Å². The van der Waals surface area contributed by atoms with Crippen LogP contribution in [0.15, 0.2) is 0 Å². The highest BCUT2D eigenvalue weighted by molar-refractivity contribution is 7.23. The summed E-state index contributed by atoms with van der Waals surface area (Å²) >= 11 is 0. The number of hydrogen-bond acceptors (Lipinski definition) is 2. The lowest BCUT2D eigenvalue weighted by Gasteiger charge is -1.88. The van der Waals surface area contributed by atoms with Crippen molar-refractivity contribution in [3.8, 4) is 0 Å². The molecule has 1 radical (unpaired) electrons. The van der Waals surface area contributed by atoms with Gasteiger partial charge in [0.2, 0.25) is 0 Å². The Morgan fingerprint density at radius 2 is 2.25 bits per heavy atom. The lowest BCUT2D eigenvalue weighted by atomic mass is 10.3. The number of aliphatic hydroxyl groups is 1. The van der Waals surface area contributed by atoms with E-state index >= 15 is 0 Å². The molecule has 0 unspecified atom stereocenters. The van der Waals surface area contributed by atoms with Gasteiger partial charge in [0.1, 0.15) is 0 Å². The van der Waals surface area contributed by atoms with Gasteiger partial charge in [-0.25, -0.2) is 0 Å². The second-order valence-electron chi connectivity index (χ2n) is 1.53. The van der Waals surface area contributed by atoms with Crippen LogP contribution < -0.4 is 0 Å². The quantitative estimate of drug-likeness (QED) is 0.460. The van der Waals surface area contributed by atoms with Gasteiger partial charge in [0.25, 0.3) is 0 Å². The van der Waals surface area contributed by atoms with Crippen LogP contribution in [0.1, 0.15) is 19.3 Å². The largest absolute Gasteiger partial charge is 0.390 e. The van der Waals surface area contributed by atoms with Crippen molar-refractivity contribution in [3.05, 3.63) is 6.61 Å². The van der Waals surface area contributed by atoms with Crippen LogP contribution in [0.3, 0.4) is 0 Å². The van der Waals surface area contributed by atoms with E-state index in [9.17, 15) is 4.57 Å². The SMILES string of the molecule is O=PCCCC[CH]O. The van der Waals surface area contributed by atoms with Gasteiger partial charge >= 0.3 is 0 Å². The Bertz CT molecular complexity index is 56.4. The molecule has 0 aliphatic heterocycles. The van der Waals surface area contributed by atoms with Crippen LogP contribution in [0.5, 0.6) is 0 Å². The fraction of sp³-hybridized carbons (Fsp3) is 0.800. The maximum atomic E-state index is 9.79. The average Bonchev–Trinajstić information content (AvgIpc) is 1.81. The molecule has 1 N–H and O–H groups in total. The van der Waals surface area contributed by atoms with Gasteiger partial charge in [0.05, 0.1) is 6.61 Å². The molecule has 0 aromatic carbocycles. The molecule has 0 fully saturated rings. The van der Waals surface area contributed by atoms with E-state index in [1.54, 1.807) is 0 Å². The topological polar surface area (TPSA) is 37.3 Å². The highest BCUT2D eigenvalue weighted by Crippen LogP contribution is 2.01. The molecule has 0 spiro atoms. The second kappa shape index (κ2) is 7.06. The summed E-state index contributed by atoms with van der Waals surface area (Å²) in [7, 11) is 0.215. The Balaban J connectivity index is 2.62. The van der Waals surface area contributed by atoms with Crippen molar-refractivity contribution in [3.63, 3.8) is 0 Å². The van der Waals surface area contributed by atoms with Gasteiger partial charge in [0.15, 0.2) is 8.46 Å². The van der Waals surface area contributed by atoms with Crippen LogP contribution in [0.4, 0.5) is 0 Å². The molecule has 3 heteroatoms. The van der Waals surface area contributed by atoms with Gasteiger partial charge in [-0.05, 0) is 12.8 Å². The van der Waals surface area contributed by atoms with Crippen LogP contribution in [0.2, 0.25) is 0 Å². The predicted molar refractivity (Wildman–Crippen MR) is 32.6 cm³/mol. The third-order valence-electron chi connectivity index (χ3n) is 0.833. The first-order valence-corrected chi connectivity index (χ1v) is 3.66. The molecule has 0 saturated carbocycles. The third-order valence-corrected chi connectivity index (χ3v) is 1.33. The predicted octanol–water partition coefficient (Wildman–Crippen LogP) is 1.98. The van der Waals surface area contributed by atoms with Crippen LogP contribution in [0, 0.1) is 6.61 Å². The standard InChI is InChI=1S/C5H10O2P/c6-4-2-1-3-5-8-7/h4,6H,1-3,5H2. The molecule has 0 atom stereocenters. The van der Waals surface area contributed by atoms with Crippen LogP contribution in [-0.4, -0.2) is 11.3 Å². The maximum absolute atomic E-state index is 9.79. The van der Waals surface area contributed by atoms with Crippen molar-refractivity contribution in [1.82, 2.24) is 0 Å². The van der Waals surface area contributed by atoms with Crippen molar-refractivity contribution in [2.75, 3.05) is 6.16 Å². The van der Waals surface area contributed by atoms with Gasteiger partial charge in [0, 0.05) is 6.16 Å². The highest BCUT2D eigenvalue weighted by Gasteiger charge is 1.85. The summed E-state index contributed by atoms with van der Waals surface area (Å²) in [6.45, 7) is 1.14. The first-order chi connectivity index (χ1) is 3.91. The fourth-order valence-corrected chi connectivity index (χ4v) is 0.765. The molecule has 0 aliphatic rings. The summed E-state index contributed by atoms with van der Waals surface area (Å²) < 4.78 is 9.79. The Hall–Kier alpha value is 0.0600. The highest BCUT2D eigenvalue weighted by atomic mass is 31.1. The van der Waals surface area contributed by atoms with E-state index in [0.717, 1.165) is 25.9 Å². The van der Waals surface area contributed by atoms with E-state index in [-0.39, 0.29) is 8.46 Å². The summed E-state index contributed by atoms with van der Waals surface area (Å²) in [5.74, 6) is 0. The normalized spacial score (nSPS) is 10.1. The number of rotatable bonds is 5. The Morgan fingerprint density at radius 3 is 2.75 bits per heavy atom. The minimum absolute atomic E-state index is 0.215. The van der Waals surface area contributed by atoms with Crippen molar-refractivity contribution >= 4 is 8.46 Å². The molecule has 8 heavy (non-hydrogen) atoms. The summed E-state index contributed by atoms with van der Waals surface area (Å²) in [5.41, 5.74) is 0. The zero-order valence-corrected chi connectivity index (χ0v) is 5.60. The number of aliphatic hydroxyl groups excluding tert-OH is 1. The molecule has 0 heterocycles. The van der Waals surface area contributed by atoms with Crippen LogP contribution in [0.25, 0.3) is 0 Å². The summed E-state index contributed by atoms with van der Waals surface area (Å²) in [6.07, 6.45) is 3.30. The molecule has 0 aromatic heterocycles. The van der Waals surface area contributed by atoms with Gasteiger partial charge in [-0.1, -0.05) is 6.42 Å². The lowest BCUT2D eigenvalue weighted by Crippen LogP contribution is -1.77. The lowest BCUT2D eigenvalue weighted by molar-refractivity contribution is 0.370. The first kappa shape index (κ1) is 8.06. The smallest absolute Gasteiger partial charge is 0.155 e. The molecule has 0 aromatic rings. The van der Waals surface area contributed by atoms with Crippen molar-refractivity contribution in [1.29, 1.82) is 0 Å². The van der Waals surface area contributed by atoms with Crippen molar-refractivity contribution in [2.24, 2.45) is 0 Å². The third kappa shape index (κ3) is 6.06. The Kier molecular flexibility index (Phi) is 7.11. The average molecular weight is 133 g/mol. The number of unbranched alkanes of at least 4 members (excludes halogenated alkanes) is 2. The minimum atomic E-state index is 0.215. The summed E-state index contributed by atoms with van der Waals surface area (Å²) in [6, 6.07) is 0. The first-order valence-electron chi connectivity index (χ1n) is 2.67. The van der Waals surface area contributed by atoms with Crippen molar-refractivity contribution < 1.29 is 9.67 Å². The zero-order valence-electron chi connectivity index (χ0n) is 4.71.